The highest BCUT2D eigenvalue weighted by Gasteiger charge is 2.39. The Morgan fingerprint density at radius 3 is 2.62 bits per heavy atom. The molecular formula is C9H15NO3. The zero-order valence-corrected chi connectivity index (χ0v) is 7.99. The molecule has 74 valence electrons. The first-order valence-electron chi connectivity index (χ1n) is 4.56. The fourth-order valence-corrected chi connectivity index (χ4v) is 1.58. The van der Waals surface area contributed by atoms with Crippen molar-refractivity contribution in [1.82, 2.24) is 4.90 Å². The van der Waals surface area contributed by atoms with Crippen LogP contribution in [0, 0.1) is 5.92 Å². The molecule has 0 aromatic heterocycles. The fourth-order valence-electron chi connectivity index (χ4n) is 1.58. The molecule has 0 radical (unpaired) electrons. The summed E-state index contributed by atoms with van der Waals surface area (Å²) in [7, 11) is 1.46. The SMILES string of the molecule is CCC[C@H](O)[C@@H]1CC(=O)N(C)C1=O. The van der Waals surface area contributed by atoms with Crippen molar-refractivity contribution in [2.45, 2.75) is 32.3 Å². The highest BCUT2D eigenvalue weighted by molar-refractivity contribution is 6.03. The number of likely N-dealkylation sites (tertiary alicyclic amines) is 1. The number of hydrogen-bond donors (Lipinski definition) is 1. The standard InChI is InChI=1S/C9H15NO3/c1-3-4-7(11)6-5-8(12)10(2)9(6)13/h6-7,11H,3-5H2,1-2H3/t6-,7-/m0/s1. The first-order valence-corrected chi connectivity index (χ1v) is 4.56. The molecule has 0 aromatic carbocycles. The zero-order chi connectivity index (χ0) is 10.0. The Morgan fingerprint density at radius 2 is 2.23 bits per heavy atom. The molecule has 1 rings (SSSR count). The van der Waals surface area contributed by atoms with Crippen LogP contribution in [0.3, 0.4) is 0 Å². The lowest BCUT2D eigenvalue weighted by Crippen LogP contribution is -2.30. The minimum absolute atomic E-state index is 0.163. The van der Waals surface area contributed by atoms with E-state index in [2.05, 4.69) is 0 Å². The van der Waals surface area contributed by atoms with Crippen LogP contribution in [0.2, 0.25) is 0 Å². The average Bonchev–Trinajstić information content (AvgIpc) is 2.33. The predicted octanol–water partition coefficient (Wildman–Crippen LogP) is 0.152. The van der Waals surface area contributed by atoms with Crippen molar-refractivity contribution >= 4 is 11.8 Å². The number of aliphatic hydroxyl groups excluding tert-OH is 1. The summed E-state index contributed by atoms with van der Waals surface area (Å²) < 4.78 is 0. The molecule has 2 amide bonds. The summed E-state index contributed by atoms with van der Waals surface area (Å²) in [5.74, 6) is -0.937. The normalized spacial score (nSPS) is 25.5. The third-order valence-electron chi connectivity index (χ3n) is 2.47. The van der Waals surface area contributed by atoms with E-state index in [4.69, 9.17) is 0 Å². The van der Waals surface area contributed by atoms with Gasteiger partial charge in [-0.05, 0) is 6.42 Å². The summed E-state index contributed by atoms with van der Waals surface area (Å²) in [5, 5.41) is 9.56. The number of hydrogen-bond acceptors (Lipinski definition) is 3. The molecule has 0 spiro atoms. The maximum absolute atomic E-state index is 11.4. The van der Waals surface area contributed by atoms with E-state index in [0.717, 1.165) is 11.3 Å². The van der Waals surface area contributed by atoms with Crippen LogP contribution in [0.4, 0.5) is 0 Å². The average molecular weight is 185 g/mol. The van der Waals surface area contributed by atoms with Crippen molar-refractivity contribution < 1.29 is 14.7 Å². The second kappa shape index (κ2) is 3.87. The zero-order valence-electron chi connectivity index (χ0n) is 7.99. The summed E-state index contributed by atoms with van der Waals surface area (Å²) in [6.45, 7) is 1.94. The molecule has 1 aliphatic rings. The van der Waals surface area contributed by atoms with E-state index in [1.165, 1.54) is 7.05 Å². The molecule has 1 saturated heterocycles. The van der Waals surface area contributed by atoms with E-state index in [1.807, 2.05) is 6.92 Å². The van der Waals surface area contributed by atoms with Gasteiger partial charge in [-0.15, -0.1) is 0 Å². The molecule has 0 saturated carbocycles. The minimum Gasteiger partial charge on any atom is -0.392 e. The molecule has 1 fully saturated rings. The molecule has 1 N–H and O–H groups in total. The van der Waals surface area contributed by atoms with Gasteiger partial charge in [0.15, 0.2) is 0 Å². The lowest BCUT2D eigenvalue weighted by atomic mass is 9.97. The maximum atomic E-state index is 11.4. The van der Waals surface area contributed by atoms with Gasteiger partial charge in [-0.25, -0.2) is 0 Å². The third kappa shape index (κ3) is 1.88. The van der Waals surface area contributed by atoms with Gasteiger partial charge >= 0.3 is 0 Å². The minimum atomic E-state index is -0.661. The molecule has 4 nitrogen and oxygen atoms in total. The number of aliphatic hydroxyl groups is 1. The quantitative estimate of drug-likeness (QED) is 0.637. The highest BCUT2D eigenvalue weighted by atomic mass is 16.3. The van der Waals surface area contributed by atoms with E-state index in [1.54, 1.807) is 0 Å². The van der Waals surface area contributed by atoms with Gasteiger partial charge in [0.2, 0.25) is 11.8 Å². The van der Waals surface area contributed by atoms with Crippen LogP contribution < -0.4 is 0 Å². The Hall–Kier alpha value is -0.900. The van der Waals surface area contributed by atoms with Crippen molar-refractivity contribution in [1.29, 1.82) is 0 Å². The molecule has 1 aliphatic heterocycles. The largest absolute Gasteiger partial charge is 0.392 e. The predicted molar refractivity (Wildman–Crippen MR) is 46.8 cm³/mol. The topological polar surface area (TPSA) is 57.6 Å². The van der Waals surface area contributed by atoms with Gasteiger partial charge in [-0.1, -0.05) is 13.3 Å². The van der Waals surface area contributed by atoms with Crippen LogP contribution in [0.5, 0.6) is 0 Å². The number of carbonyl (C=O) groups is 2. The van der Waals surface area contributed by atoms with Crippen LogP contribution in [0.1, 0.15) is 26.2 Å². The van der Waals surface area contributed by atoms with Crippen molar-refractivity contribution in [3.63, 3.8) is 0 Å². The van der Waals surface area contributed by atoms with Gasteiger partial charge in [0.25, 0.3) is 0 Å². The number of amides is 2. The molecule has 13 heavy (non-hydrogen) atoms. The second-order valence-corrected chi connectivity index (χ2v) is 3.46. The number of rotatable bonds is 3. The van der Waals surface area contributed by atoms with E-state index >= 15 is 0 Å². The summed E-state index contributed by atoms with van der Waals surface area (Å²) in [4.78, 5) is 23.6. The number of imide groups is 1. The van der Waals surface area contributed by atoms with E-state index < -0.39 is 12.0 Å². The van der Waals surface area contributed by atoms with Gasteiger partial charge in [0.05, 0.1) is 12.0 Å². The van der Waals surface area contributed by atoms with Crippen LogP contribution in [0.25, 0.3) is 0 Å². The van der Waals surface area contributed by atoms with Gasteiger partial charge in [0, 0.05) is 13.5 Å². The molecule has 0 bridgehead atoms. The van der Waals surface area contributed by atoms with E-state index in [-0.39, 0.29) is 18.2 Å². The Labute approximate surface area is 77.5 Å². The molecule has 1 heterocycles. The van der Waals surface area contributed by atoms with Gasteiger partial charge in [-0.2, -0.15) is 0 Å². The molecule has 0 aliphatic carbocycles. The third-order valence-corrected chi connectivity index (χ3v) is 2.47. The molecular weight excluding hydrogens is 170 g/mol. The monoisotopic (exact) mass is 185 g/mol. The molecule has 0 aromatic rings. The summed E-state index contributed by atoms with van der Waals surface area (Å²) >= 11 is 0. The molecule has 4 heteroatoms. The molecule has 2 atom stereocenters. The lowest BCUT2D eigenvalue weighted by Gasteiger charge is -2.14. The maximum Gasteiger partial charge on any atom is 0.235 e. The van der Waals surface area contributed by atoms with Crippen LogP contribution in [0.15, 0.2) is 0 Å². The van der Waals surface area contributed by atoms with Crippen molar-refractivity contribution in [3.8, 4) is 0 Å². The number of carbonyl (C=O) groups excluding carboxylic acids is 2. The van der Waals surface area contributed by atoms with E-state index in [9.17, 15) is 14.7 Å². The second-order valence-electron chi connectivity index (χ2n) is 3.46. The Kier molecular flexibility index (Phi) is 3.03. The van der Waals surface area contributed by atoms with E-state index in [0.29, 0.717) is 6.42 Å². The Balaban J connectivity index is 2.62. The van der Waals surface area contributed by atoms with Crippen molar-refractivity contribution in [2.24, 2.45) is 5.92 Å². The van der Waals surface area contributed by atoms with Gasteiger partial charge < -0.3 is 5.11 Å². The van der Waals surface area contributed by atoms with Gasteiger partial charge in [-0.3, -0.25) is 14.5 Å². The smallest absolute Gasteiger partial charge is 0.235 e. The Bertz CT molecular complexity index is 227. The number of nitrogens with zero attached hydrogens (tertiary/aromatic N) is 1. The Morgan fingerprint density at radius 1 is 1.62 bits per heavy atom. The first kappa shape index (κ1) is 10.2. The van der Waals surface area contributed by atoms with Crippen LogP contribution >= 0.6 is 0 Å². The van der Waals surface area contributed by atoms with Crippen molar-refractivity contribution in [3.05, 3.63) is 0 Å². The molecule has 0 unspecified atom stereocenters. The summed E-state index contributed by atoms with van der Waals surface area (Å²) in [5.41, 5.74) is 0. The summed E-state index contributed by atoms with van der Waals surface area (Å²) in [6.07, 6.45) is 0.906. The fraction of sp³-hybridized carbons (Fsp3) is 0.778. The van der Waals surface area contributed by atoms with Gasteiger partial charge in [0.1, 0.15) is 0 Å². The summed E-state index contributed by atoms with van der Waals surface area (Å²) in [6, 6.07) is 0. The lowest BCUT2D eigenvalue weighted by molar-refractivity contribution is -0.138. The van der Waals surface area contributed by atoms with Crippen LogP contribution in [-0.2, 0) is 9.59 Å². The highest BCUT2D eigenvalue weighted by Crippen LogP contribution is 2.23. The van der Waals surface area contributed by atoms with Crippen LogP contribution in [-0.4, -0.2) is 35.0 Å². The van der Waals surface area contributed by atoms with Crippen molar-refractivity contribution in [2.75, 3.05) is 7.05 Å². The first-order chi connectivity index (χ1) is 6.07.